The SMILES string of the molecule is N=C/C(=C(/OCCCC/C=C/CNS(=O)O)C(=O)Nc1cccc(Cl)c1)N1CCNCC1. The fourth-order valence-electron chi connectivity index (χ4n) is 3.08. The van der Waals surface area contributed by atoms with Gasteiger partial charge in [-0.05, 0) is 37.5 Å². The van der Waals surface area contributed by atoms with E-state index in [9.17, 15) is 9.00 Å². The Bertz CT molecular complexity index is 843. The average Bonchev–Trinajstić information content (AvgIpc) is 2.77. The van der Waals surface area contributed by atoms with E-state index in [4.69, 9.17) is 26.3 Å². The van der Waals surface area contributed by atoms with Crippen LogP contribution in [-0.2, 0) is 20.8 Å². The van der Waals surface area contributed by atoms with Crippen LogP contribution in [0.1, 0.15) is 19.3 Å². The topological polar surface area (TPSA) is 127 Å². The van der Waals surface area contributed by atoms with Crippen molar-refractivity contribution in [3.63, 3.8) is 0 Å². The molecule has 11 heteroatoms. The first kappa shape index (κ1) is 26.0. The maximum Gasteiger partial charge on any atom is 0.293 e. The van der Waals surface area contributed by atoms with Gasteiger partial charge in [-0.1, -0.05) is 29.8 Å². The van der Waals surface area contributed by atoms with Crippen LogP contribution in [0, 0.1) is 5.41 Å². The predicted molar refractivity (Wildman–Crippen MR) is 128 cm³/mol. The molecule has 1 aromatic carbocycles. The number of amides is 1. The van der Waals surface area contributed by atoms with Crippen LogP contribution in [0.5, 0.6) is 0 Å². The van der Waals surface area contributed by atoms with E-state index in [-0.39, 0.29) is 5.76 Å². The van der Waals surface area contributed by atoms with Gasteiger partial charge in [-0.15, -0.1) is 0 Å². The van der Waals surface area contributed by atoms with Gasteiger partial charge in [0.15, 0.2) is 0 Å². The first-order valence-electron chi connectivity index (χ1n) is 10.4. The Morgan fingerprint density at radius 2 is 2.09 bits per heavy atom. The molecule has 0 bridgehead atoms. The Morgan fingerprint density at radius 3 is 2.78 bits per heavy atom. The Labute approximate surface area is 196 Å². The second-order valence-electron chi connectivity index (χ2n) is 6.97. The van der Waals surface area contributed by atoms with Gasteiger partial charge in [-0.25, -0.2) is 8.93 Å². The number of nitrogens with zero attached hydrogens (tertiary/aromatic N) is 1. The molecule has 1 aliphatic heterocycles. The number of carbonyl (C=O) groups is 1. The molecule has 0 radical (unpaired) electrons. The van der Waals surface area contributed by atoms with Crippen LogP contribution in [0.2, 0.25) is 5.02 Å². The minimum absolute atomic E-state index is 0.118. The number of piperazine rings is 1. The van der Waals surface area contributed by atoms with Gasteiger partial charge in [0, 0.05) is 49.6 Å². The van der Waals surface area contributed by atoms with Crippen molar-refractivity contribution in [1.29, 1.82) is 5.41 Å². The molecule has 0 spiro atoms. The number of hydrogen-bond acceptors (Lipinski definition) is 6. The highest BCUT2D eigenvalue weighted by molar-refractivity contribution is 7.77. The normalized spacial score (nSPS) is 15.9. The lowest BCUT2D eigenvalue weighted by molar-refractivity contribution is -0.116. The fraction of sp³-hybridized carbons (Fsp3) is 0.429. The molecule has 1 saturated heterocycles. The summed E-state index contributed by atoms with van der Waals surface area (Å²) in [5.41, 5.74) is 1.00. The molecule has 1 aliphatic rings. The molecule has 32 heavy (non-hydrogen) atoms. The molecule has 1 unspecified atom stereocenters. The van der Waals surface area contributed by atoms with Crippen LogP contribution >= 0.6 is 11.6 Å². The molecule has 1 amide bonds. The number of unbranched alkanes of at least 4 members (excludes halogenated alkanes) is 2. The number of ether oxygens (including phenoxy) is 1. The molecule has 1 fully saturated rings. The summed E-state index contributed by atoms with van der Waals surface area (Å²) in [4.78, 5) is 15.0. The van der Waals surface area contributed by atoms with Crippen molar-refractivity contribution in [3.05, 3.63) is 52.9 Å². The Kier molecular flexibility index (Phi) is 12.0. The smallest absolute Gasteiger partial charge is 0.293 e. The fourth-order valence-corrected chi connectivity index (χ4v) is 3.50. The van der Waals surface area contributed by atoms with Gasteiger partial charge in [0.25, 0.3) is 5.91 Å². The second-order valence-corrected chi connectivity index (χ2v) is 8.20. The second kappa shape index (κ2) is 14.8. The number of allylic oxidation sites excluding steroid dienone is 2. The van der Waals surface area contributed by atoms with Gasteiger partial charge in [0.2, 0.25) is 17.0 Å². The summed E-state index contributed by atoms with van der Waals surface area (Å²) in [6.45, 7) is 3.55. The lowest BCUT2D eigenvalue weighted by Crippen LogP contribution is -2.44. The number of hydrogen-bond donors (Lipinski definition) is 5. The highest BCUT2D eigenvalue weighted by atomic mass is 35.5. The standard InChI is InChI=1S/C21H30ClN5O4S/c22-17-7-6-8-18(15-17)26-21(28)20(19(16-23)27-12-10-24-11-13-27)31-14-5-3-1-2-4-9-25-32(29)30/h2,4,6-8,15-16,23-25H,1,3,5,9-14H2,(H,26,28)(H,29,30)/b4-2+,20-19-,23-16?. The third-order valence-electron chi connectivity index (χ3n) is 4.62. The third-order valence-corrected chi connectivity index (χ3v) is 5.27. The minimum Gasteiger partial charge on any atom is -0.486 e. The lowest BCUT2D eigenvalue weighted by Gasteiger charge is -2.31. The lowest BCUT2D eigenvalue weighted by atomic mass is 10.2. The van der Waals surface area contributed by atoms with Crippen LogP contribution in [0.3, 0.4) is 0 Å². The maximum atomic E-state index is 13.0. The molecular formula is C21H30ClN5O4S. The Morgan fingerprint density at radius 1 is 1.31 bits per heavy atom. The van der Waals surface area contributed by atoms with E-state index in [0.29, 0.717) is 49.1 Å². The van der Waals surface area contributed by atoms with Crippen molar-refractivity contribution in [2.45, 2.75) is 19.3 Å². The summed E-state index contributed by atoms with van der Waals surface area (Å²) in [5, 5.41) is 14.5. The number of carbonyl (C=O) groups excluding carboxylic acids is 1. The van der Waals surface area contributed by atoms with Crippen LogP contribution in [0.25, 0.3) is 0 Å². The summed E-state index contributed by atoms with van der Waals surface area (Å²) >= 11 is 4.01. The summed E-state index contributed by atoms with van der Waals surface area (Å²) in [6, 6.07) is 6.86. The zero-order valence-corrected chi connectivity index (χ0v) is 19.4. The van der Waals surface area contributed by atoms with E-state index in [1.807, 2.05) is 11.0 Å². The summed E-state index contributed by atoms with van der Waals surface area (Å²) in [7, 11) is 0. The molecule has 1 heterocycles. The van der Waals surface area contributed by atoms with Gasteiger partial charge >= 0.3 is 0 Å². The molecule has 0 aromatic heterocycles. The van der Waals surface area contributed by atoms with Crippen molar-refractivity contribution in [2.24, 2.45) is 0 Å². The van der Waals surface area contributed by atoms with E-state index in [1.165, 1.54) is 6.21 Å². The van der Waals surface area contributed by atoms with E-state index in [0.717, 1.165) is 25.9 Å². The Balaban J connectivity index is 1.99. The largest absolute Gasteiger partial charge is 0.486 e. The monoisotopic (exact) mass is 483 g/mol. The number of nitrogens with one attached hydrogen (secondary N) is 4. The first-order valence-corrected chi connectivity index (χ1v) is 11.9. The van der Waals surface area contributed by atoms with E-state index < -0.39 is 17.2 Å². The van der Waals surface area contributed by atoms with Crippen molar-refractivity contribution in [3.8, 4) is 0 Å². The quantitative estimate of drug-likeness (QED) is 0.0732. The molecule has 176 valence electrons. The van der Waals surface area contributed by atoms with Crippen LogP contribution < -0.4 is 15.4 Å². The van der Waals surface area contributed by atoms with Gasteiger partial charge in [0.1, 0.15) is 5.70 Å². The van der Waals surface area contributed by atoms with E-state index in [2.05, 4.69) is 15.4 Å². The Hall–Kier alpha value is -2.24. The summed E-state index contributed by atoms with van der Waals surface area (Å²) < 4.78 is 27.4. The zero-order valence-electron chi connectivity index (χ0n) is 17.8. The maximum absolute atomic E-state index is 13.0. The number of benzene rings is 1. The highest BCUT2D eigenvalue weighted by Gasteiger charge is 2.22. The van der Waals surface area contributed by atoms with Gasteiger partial charge in [-0.2, -0.15) is 0 Å². The van der Waals surface area contributed by atoms with Crippen LogP contribution in [-0.4, -0.2) is 65.1 Å². The van der Waals surface area contributed by atoms with Gasteiger partial charge in [-0.3, -0.25) is 9.35 Å². The van der Waals surface area contributed by atoms with Crippen molar-refractivity contribution in [2.75, 3.05) is 44.6 Å². The first-order chi connectivity index (χ1) is 15.5. The van der Waals surface area contributed by atoms with Gasteiger partial charge < -0.3 is 25.7 Å². The molecule has 5 N–H and O–H groups in total. The van der Waals surface area contributed by atoms with E-state index >= 15 is 0 Å². The third kappa shape index (κ3) is 9.49. The van der Waals surface area contributed by atoms with Crippen molar-refractivity contribution in [1.82, 2.24) is 14.9 Å². The summed E-state index contributed by atoms with van der Waals surface area (Å²) in [5.74, 6) is -0.306. The zero-order chi connectivity index (χ0) is 23.2. The molecule has 1 atom stereocenters. The molecule has 2 rings (SSSR count). The molecule has 1 aromatic rings. The molecule has 0 saturated carbocycles. The predicted octanol–water partition coefficient (Wildman–Crippen LogP) is 2.51. The number of rotatable bonds is 13. The average molecular weight is 484 g/mol. The molecular weight excluding hydrogens is 454 g/mol. The van der Waals surface area contributed by atoms with Crippen LogP contribution in [0.4, 0.5) is 5.69 Å². The molecule has 9 nitrogen and oxygen atoms in total. The van der Waals surface area contributed by atoms with Crippen molar-refractivity contribution >= 4 is 40.7 Å². The number of anilines is 1. The number of halogens is 1. The van der Waals surface area contributed by atoms with Gasteiger partial charge in [0.05, 0.1) is 6.61 Å². The minimum atomic E-state index is -2.01. The van der Waals surface area contributed by atoms with Crippen LogP contribution in [0.15, 0.2) is 47.9 Å². The van der Waals surface area contributed by atoms with E-state index in [1.54, 1.807) is 30.3 Å². The van der Waals surface area contributed by atoms with Crippen molar-refractivity contribution < 1.29 is 18.3 Å². The molecule has 0 aliphatic carbocycles. The summed E-state index contributed by atoms with van der Waals surface area (Å²) in [6.07, 6.45) is 7.20. The highest BCUT2D eigenvalue weighted by Crippen LogP contribution is 2.18.